The number of rotatable bonds is 7. The normalized spacial score (nSPS) is 31.9. The Balaban J connectivity index is 2.11. The molecule has 23 heavy (non-hydrogen) atoms. The first-order valence-corrected chi connectivity index (χ1v) is 10.8. The Hall–Kier alpha value is -0.243. The molecule has 3 unspecified atom stereocenters. The molecule has 2 rings (SSSR count). The van der Waals surface area contributed by atoms with Crippen molar-refractivity contribution in [2.75, 3.05) is 40.5 Å². The van der Waals surface area contributed by atoms with Crippen molar-refractivity contribution in [2.45, 2.75) is 50.8 Å². The van der Waals surface area contributed by atoms with Crippen LogP contribution in [0.25, 0.3) is 0 Å². The molecule has 0 spiro atoms. The molecule has 5 nitrogen and oxygen atoms in total. The van der Waals surface area contributed by atoms with Crippen LogP contribution >= 0.6 is 0 Å². The molecule has 1 saturated heterocycles. The largest absolute Gasteiger partial charge is 0.500 e. The Morgan fingerprint density at radius 2 is 2.09 bits per heavy atom. The van der Waals surface area contributed by atoms with Gasteiger partial charge in [0.2, 0.25) is 0 Å². The summed E-state index contributed by atoms with van der Waals surface area (Å²) in [6, 6.07) is 1.30. The number of hydrogen-bond donors (Lipinski definition) is 0. The molecule has 0 amide bonds. The smallest absolute Gasteiger partial charge is 0.380 e. The van der Waals surface area contributed by atoms with Crippen molar-refractivity contribution < 1.29 is 18.0 Å². The van der Waals surface area contributed by atoms with Gasteiger partial charge in [-0.3, -0.25) is 4.90 Å². The van der Waals surface area contributed by atoms with E-state index in [9.17, 15) is 0 Å². The molecule has 0 aromatic rings. The minimum absolute atomic E-state index is 0.194. The molecule has 0 aromatic heterocycles. The van der Waals surface area contributed by atoms with Gasteiger partial charge in [-0.15, -0.1) is 6.58 Å². The van der Waals surface area contributed by atoms with E-state index in [1.54, 1.807) is 14.2 Å². The van der Waals surface area contributed by atoms with Gasteiger partial charge in [0, 0.05) is 39.5 Å². The first-order valence-electron chi connectivity index (χ1n) is 8.90. The van der Waals surface area contributed by atoms with Crippen LogP contribution in [-0.2, 0) is 18.0 Å². The number of ether oxygens (including phenoxy) is 1. The standard InChI is InChI=1S/C17H33NO4Si/c1-5-15-8-9-17-16(14-15)18(11-12-21-6-2)10-7-13-23(19-3,20-4)22-17/h5,15-17H,1,6-14H2,2-4H3. The Morgan fingerprint density at radius 3 is 2.74 bits per heavy atom. The van der Waals surface area contributed by atoms with E-state index in [1.807, 2.05) is 6.92 Å². The molecule has 2 aliphatic rings. The van der Waals surface area contributed by atoms with Gasteiger partial charge in [-0.2, -0.15) is 0 Å². The van der Waals surface area contributed by atoms with Gasteiger partial charge in [0.15, 0.2) is 0 Å². The second-order valence-electron chi connectivity index (χ2n) is 6.46. The van der Waals surface area contributed by atoms with Gasteiger partial charge in [-0.1, -0.05) is 6.08 Å². The van der Waals surface area contributed by atoms with E-state index in [0.717, 1.165) is 58.0 Å². The summed E-state index contributed by atoms with van der Waals surface area (Å²) >= 11 is 0. The highest BCUT2D eigenvalue weighted by Gasteiger charge is 2.47. The van der Waals surface area contributed by atoms with Crippen LogP contribution in [0.5, 0.6) is 0 Å². The van der Waals surface area contributed by atoms with Crippen LogP contribution in [-0.4, -0.2) is 66.4 Å². The van der Waals surface area contributed by atoms with E-state index in [0.29, 0.717) is 12.0 Å². The van der Waals surface area contributed by atoms with Gasteiger partial charge in [0.1, 0.15) is 0 Å². The first-order chi connectivity index (χ1) is 11.2. The quantitative estimate of drug-likeness (QED) is 0.404. The van der Waals surface area contributed by atoms with E-state index in [1.165, 1.54) is 0 Å². The van der Waals surface area contributed by atoms with Crippen LogP contribution in [0.15, 0.2) is 12.7 Å². The molecule has 6 heteroatoms. The lowest BCUT2D eigenvalue weighted by Crippen LogP contribution is -2.58. The van der Waals surface area contributed by atoms with Crippen molar-refractivity contribution in [1.29, 1.82) is 0 Å². The highest BCUT2D eigenvalue weighted by Crippen LogP contribution is 2.35. The minimum atomic E-state index is -2.51. The molecule has 3 atom stereocenters. The molecular weight excluding hydrogens is 310 g/mol. The number of allylic oxidation sites excluding steroid dienone is 1. The van der Waals surface area contributed by atoms with Crippen LogP contribution in [0.4, 0.5) is 0 Å². The number of hydrogen-bond acceptors (Lipinski definition) is 5. The average Bonchev–Trinajstić information content (AvgIpc) is 2.58. The van der Waals surface area contributed by atoms with E-state index in [2.05, 4.69) is 17.6 Å². The summed E-state index contributed by atoms with van der Waals surface area (Å²) in [6.45, 7) is 9.64. The minimum Gasteiger partial charge on any atom is -0.380 e. The Bertz CT molecular complexity index is 365. The molecule has 1 heterocycles. The number of fused-ring (bicyclic) bond motifs is 1. The van der Waals surface area contributed by atoms with Gasteiger partial charge in [0.05, 0.1) is 12.7 Å². The van der Waals surface area contributed by atoms with Crippen LogP contribution in [0.1, 0.15) is 32.6 Å². The monoisotopic (exact) mass is 343 g/mol. The summed E-state index contributed by atoms with van der Waals surface area (Å²) in [5, 5.41) is 0. The van der Waals surface area contributed by atoms with Crippen molar-refractivity contribution in [3.8, 4) is 0 Å². The maximum absolute atomic E-state index is 6.49. The van der Waals surface area contributed by atoms with Gasteiger partial charge in [-0.25, -0.2) is 0 Å². The zero-order valence-electron chi connectivity index (χ0n) is 15.0. The molecule has 1 aliphatic carbocycles. The SMILES string of the molecule is C=CC1CCC2O[Si](OC)(OC)CCCN(CCOCC)C2C1. The molecule has 2 fully saturated rings. The zero-order chi connectivity index (χ0) is 16.7. The molecule has 1 saturated carbocycles. The Morgan fingerprint density at radius 1 is 1.30 bits per heavy atom. The van der Waals surface area contributed by atoms with Crippen LogP contribution in [0.2, 0.25) is 6.04 Å². The van der Waals surface area contributed by atoms with E-state index >= 15 is 0 Å². The maximum Gasteiger partial charge on any atom is 0.500 e. The first kappa shape index (κ1) is 19.1. The average molecular weight is 344 g/mol. The second-order valence-corrected chi connectivity index (χ2v) is 9.38. The van der Waals surface area contributed by atoms with Crippen LogP contribution in [0.3, 0.4) is 0 Å². The summed E-state index contributed by atoms with van der Waals surface area (Å²) in [4.78, 5) is 2.56. The second kappa shape index (κ2) is 9.29. The third-order valence-electron chi connectivity index (χ3n) is 5.21. The fourth-order valence-corrected chi connectivity index (χ4v) is 6.04. The molecule has 0 radical (unpaired) electrons. The van der Waals surface area contributed by atoms with Crippen molar-refractivity contribution in [3.05, 3.63) is 12.7 Å². The van der Waals surface area contributed by atoms with Gasteiger partial charge < -0.3 is 18.0 Å². The lowest BCUT2D eigenvalue weighted by Gasteiger charge is -2.46. The third kappa shape index (κ3) is 4.87. The fourth-order valence-electron chi connectivity index (χ4n) is 3.83. The lowest BCUT2D eigenvalue weighted by atomic mass is 9.83. The molecule has 1 aliphatic heterocycles. The van der Waals surface area contributed by atoms with Crippen molar-refractivity contribution in [3.63, 3.8) is 0 Å². The zero-order valence-corrected chi connectivity index (χ0v) is 16.0. The highest BCUT2D eigenvalue weighted by atomic mass is 28.4. The van der Waals surface area contributed by atoms with E-state index < -0.39 is 8.80 Å². The molecule has 0 aromatic carbocycles. The topological polar surface area (TPSA) is 40.2 Å². The van der Waals surface area contributed by atoms with Crippen molar-refractivity contribution >= 4 is 8.80 Å². The van der Waals surface area contributed by atoms with Gasteiger partial charge >= 0.3 is 8.80 Å². The molecule has 0 N–H and O–H groups in total. The lowest BCUT2D eigenvalue weighted by molar-refractivity contribution is -0.0394. The van der Waals surface area contributed by atoms with E-state index in [4.69, 9.17) is 18.0 Å². The Kier molecular flexibility index (Phi) is 7.71. The summed E-state index contributed by atoms with van der Waals surface area (Å²) in [7, 11) is 0.956. The molecule has 134 valence electrons. The summed E-state index contributed by atoms with van der Waals surface area (Å²) in [5.74, 6) is 0.579. The summed E-state index contributed by atoms with van der Waals surface area (Å²) in [5.41, 5.74) is 0. The highest BCUT2D eigenvalue weighted by molar-refractivity contribution is 6.60. The van der Waals surface area contributed by atoms with Crippen LogP contribution < -0.4 is 0 Å². The van der Waals surface area contributed by atoms with Gasteiger partial charge in [0.25, 0.3) is 0 Å². The van der Waals surface area contributed by atoms with Gasteiger partial charge in [-0.05, 0) is 45.1 Å². The van der Waals surface area contributed by atoms with Crippen LogP contribution in [0, 0.1) is 5.92 Å². The van der Waals surface area contributed by atoms with Crippen molar-refractivity contribution in [1.82, 2.24) is 4.90 Å². The van der Waals surface area contributed by atoms with Crippen molar-refractivity contribution in [2.24, 2.45) is 5.92 Å². The third-order valence-corrected chi connectivity index (χ3v) is 8.08. The number of nitrogens with zero attached hydrogens (tertiary/aromatic N) is 1. The molecule has 0 bridgehead atoms. The maximum atomic E-state index is 6.49. The fraction of sp³-hybridized carbons (Fsp3) is 0.882. The summed E-state index contributed by atoms with van der Waals surface area (Å²) in [6.07, 6.45) is 6.64. The Labute approximate surface area is 142 Å². The van der Waals surface area contributed by atoms with E-state index in [-0.39, 0.29) is 6.10 Å². The predicted octanol–water partition coefficient (Wildman–Crippen LogP) is 2.70. The predicted molar refractivity (Wildman–Crippen MR) is 93.5 cm³/mol. The summed E-state index contributed by atoms with van der Waals surface area (Å²) < 4.78 is 23.5. The molecular formula is C17H33NO4Si.